The first kappa shape index (κ1) is 28.8. The Morgan fingerprint density at radius 2 is 1.55 bits per heavy atom. The standard InChI is InChI=1S/C23H23Cl2N5O8P2/c24-15-3-1-5-17(8-15)37-39(31,32)35-11-14-7-21(30-13-28-20-10-27-23(26)29-22(20)30)19(14)12-36-40(33,34)38-18-6-2-4-16(25)9-18/h1-6,8-10,13-14,19,21H,7,11-12H2,(H,31,32)(H,33,34)(H2,26,27,29)/t14-,19-,21-/m1/s1. The SMILES string of the molecule is Nc1ncc2ncn([C@@H]3C[C@H](COP(=O)(O)Oc4cccc(Cl)c4)[C@H]3COP(=O)(O)Oc3cccc(Cl)c3)c2n1. The number of aromatic nitrogens is 4. The smallest absolute Gasteiger partial charge is 0.404 e. The normalized spacial score (nSPS) is 21.8. The van der Waals surface area contributed by atoms with Gasteiger partial charge in [-0.15, -0.1) is 0 Å². The second kappa shape index (κ2) is 11.6. The van der Waals surface area contributed by atoms with Crippen LogP contribution in [0.4, 0.5) is 5.95 Å². The molecule has 13 nitrogen and oxygen atoms in total. The number of anilines is 1. The highest BCUT2D eigenvalue weighted by Crippen LogP contribution is 2.52. The molecule has 2 aromatic carbocycles. The van der Waals surface area contributed by atoms with Crippen molar-refractivity contribution < 1.29 is 37.0 Å². The van der Waals surface area contributed by atoms with Gasteiger partial charge in [0.25, 0.3) is 0 Å². The van der Waals surface area contributed by atoms with Crippen molar-refractivity contribution in [3.05, 3.63) is 71.1 Å². The molecule has 0 amide bonds. The molecule has 1 aliphatic carbocycles. The van der Waals surface area contributed by atoms with E-state index in [1.807, 2.05) is 0 Å². The fourth-order valence-corrected chi connectivity index (χ4v) is 6.32. The van der Waals surface area contributed by atoms with E-state index < -0.39 is 21.6 Å². The molecule has 1 aliphatic rings. The Labute approximate surface area is 238 Å². The van der Waals surface area contributed by atoms with Gasteiger partial charge in [-0.1, -0.05) is 35.3 Å². The van der Waals surface area contributed by atoms with Crippen LogP contribution >= 0.6 is 38.8 Å². The molecule has 212 valence electrons. The van der Waals surface area contributed by atoms with Gasteiger partial charge in [-0.3, -0.25) is 18.8 Å². The van der Waals surface area contributed by atoms with Crippen LogP contribution in [0.3, 0.4) is 0 Å². The summed E-state index contributed by atoms with van der Waals surface area (Å²) in [6, 6.07) is 11.6. The maximum atomic E-state index is 12.7. The summed E-state index contributed by atoms with van der Waals surface area (Å²) in [5, 5.41) is 0.637. The number of rotatable bonds is 11. The molecule has 2 aromatic heterocycles. The van der Waals surface area contributed by atoms with E-state index in [1.54, 1.807) is 35.2 Å². The number of phosphoric ester groups is 2. The van der Waals surface area contributed by atoms with E-state index in [0.717, 1.165) is 0 Å². The molecular weight excluding hydrogens is 607 g/mol. The number of phosphoric acid groups is 2. The van der Waals surface area contributed by atoms with Crippen molar-refractivity contribution >= 4 is 56.0 Å². The molecule has 4 aromatic rings. The van der Waals surface area contributed by atoms with Crippen molar-refractivity contribution in [2.24, 2.45) is 11.8 Å². The molecule has 0 bridgehead atoms. The second-order valence-electron chi connectivity index (χ2n) is 8.94. The lowest BCUT2D eigenvalue weighted by molar-refractivity contribution is -0.00444. The fraction of sp³-hybridized carbons (Fsp3) is 0.261. The summed E-state index contributed by atoms with van der Waals surface area (Å²) in [6.07, 6.45) is 3.47. The number of halogens is 2. The third kappa shape index (κ3) is 6.94. The molecule has 2 heterocycles. The van der Waals surface area contributed by atoms with Gasteiger partial charge in [0, 0.05) is 22.0 Å². The average Bonchev–Trinajstić information content (AvgIpc) is 3.25. The first-order valence-corrected chi connectivity index (χ1v) is 15.5. The average molecular weight is 630 g/mol. The highest BCUT2D eigenvalue weighted by molar-refractivity contribution is 7.48. The number of nitrogens with two attached hydrogens (primary N) is 1. The topological polar surface area (TPSA) is 181 Å². The van der Waals surface area contributed by atoms with E-state index in [1.165, 1.54) is 30.5 Å². The zero-order valence-electron chi connectivity index (χ0n) is 20.5. The highest BCUT2D eigenvalue weighted by Gasteiger charge is 2.45. The molecule has 0 saturated heterocycles. The first-order chi connectivity index (χ1) is 19.0. The Kier molecular flexibility index (Phi) is 8.37. The maximum absolute atomic E-state index is 12.7. The zero-order chi connectivity index (χ0) is 28.5. The number of imidazole rings is 1. The van der Waals surface area contributed by atoms with Gasteiger partial charge in [0.15, 0.2) is 5.65 Å². The van der Waals surface area contributed by atoms with Crippen LogP contribution in [0.1, 0.15) is 12.5 Å². The van der Waals surface area contributed by atoms with Crippen molar-refractivity contribution in [1.29, 1.82) is 0 Å². The van der Waals surface area contributed by atoms with Gasteiger partial charge < -0.3 is 19.3 Å². The Morgan fingerprint density at radius 1 is 0.950 bits per heavy atom. The van der Waals surface area contributed by atoms with Crippen LogP contribution in [-0.4, -0.2) is 42.5 Å². The van der Waals surface area contributed by atoms with Crippen molar-refractivity contribution in [3.63, 3.8) is 0 Å². The maximum Gasteiger partial charge on any atom is 0.527 e. The Balaban J connectivity index is 1.31. The summed E-state index contributed by atoms with van der Waals surface area (Å²) < 4.78 is 47.9. The lowest BCUT2D eigenvalue weighted by Crippen LogP contribution is -2.43. The molecule has 0 spiro atoms. The first-order valence-electron chi connectivity index (χ1n) is 11.8. The number of hydrogen-bond donors (Lipinski definition) is 3. The summed E-state index contributed by atoms with van der Waals surface area (Å²) in [4.78, 5) is 33.1. The molecule has 40 heavy (non-hydrogen) atoms. The van der Waals surface area contributed by atoms with E-state index in [4.69, 9.17) is 47.0 Å². The number of benzene rings is 2. The monoisotopic (exact) mass is 629 g/mol. The second-order valence-corrected chi connectivity index (χ2v) is 12.6. The van der Waals surface area contributed by atoms with Crippen LogP contribution in [0.5, 0.6) is 11.5 Å². The predicted octanol–water partition coefficient (Wildman–Crippen LogP) is 5.28. The minimum atomic E-state index is -4.57. The number of fused-ring (bicyclic) bond motifs is 1. The molecule has 5 rings (SSSR count). The largest absolute Gasteiger partial charge is 0.527 e. The third-order valence-electron chi connectivity index (χ3n) is 6.25. The van der Waals surface area contributed by atoms with Gasteiger partial charge in [-0.2, -0.15) is 4.98 Å². The number of nitrogen functional groups attached to an aromatic ring is 1. The van der Waals surface area contributed by atoms with E-state index in [0.29, 0.717) is 27.6 Å². The van der Waals surface area contributed by atoms with Gasteiger partial charge in [0.1, 0.15) is 17.0 Å². The van der Waals surface area contributed by atoms with Gasteiger partial charge in [0.05, 0.1) is 25.7 Å². The van der Waals surface area contributed by atoms with Gasteiger partial charge in [0.2, 0.25) is 5.95 Å². The lowest BCUT2D eigenvalue weighted by atomic mass is 9.70. The molecular formula is C23H23Cl2N5O8P2. The van der Waals surface area contributed by atoms with E-state index in [9.17, 15) is 18.9 Å². The molecule has 2 unspecified atom stereocenters. The van der Waals surface area contributed by atoms with Crippen LogP contribution < -0.4 is 14.8 Å². The van der Waals surface area contributed by atoms with Crippen molar-refractivity contribution in [2.75, 3.05) is 18.9 Å². The highest BCUT2D eigenvalue weighted by atomic mass is 35.5. The van der Waals surface area contributed by atoms with Crippen molar-refractivity contribution in [2.45, 2.75) is 12.5 Å². The van der Waals surface area contributed by atoms with Crippen LogP contribution in [0, 0.1) is 11.8 Å². The number of nitrogens with zero attached hydrogens (tertiary/aromatic N) is 4. The lowest BCUT2D eigenvalue weighted by Gasteiger charge is -2.45. The quantitative estimate of drug-likeness (QED) is 0.183. The molecule has 1 saturated carbocycles. The van der Waals surface area contributed by atoms with Gasteiger partial charge in [-0.25, -0.2) is 19.1 Å². The molecule has 0 aliphatic heterocycles. The van der Waals surface area contributed by atoms with Crippen molar-refractivity contribution in [1.82, 2.24) is 19.5 Å². The van der Waals surface area contributed by atoms with Gasteiger partial charge in [-0.05, 0) is 48.7 Å². The van der Waals surface area contributed by atoms with E-state index in [-0.39, 0.29) is 42.6 Å². The van der Waals surface area contributed by atoms with Crippen LogP contribution in [0.15, 0.2) is 61.1 Å². The Hall–Kier alpha value is -2.73. The predicted molar refractivity (Wildman–Crippen MR) is 146 cm³/mol. The van der Waals surface area contributed by atoms with Crippen LogP contribution in [0.2, 0.25) is 10.0 Å². The van der Waals surface area contributed by atoms with Crippen LogP contribution in [0.25, 0.3) is 11.2 Å². The van der Waals surface area contributed by atoms with Gasteiger partial charge >= 0.3 is 15.6 Å². The summed E-state index contributed by atoms with van der Waals surface area (Å²) in [6.45, 7) is -0.480. The zero-order valence-corrected chi connectivity index (χ0v) is 23.8. The molecule has 1 fully saturated rings. The molecule has 4 N–H and O–H groups in total. The van der Waals surface area contributed by atoms with Crippen LogP contribution in [-0.2, 0) is 18.2 Å². The molecule has 17 heteroatoms. The van der Waals surface area contributed by atoms with E-state index >= 15 is 0 Å². The Bertz CT molecular complexity index is 1630. The summed E-state index contributed by atoms with van der Waals surface area (Å²) >= 11 is 11.8. The summed E-state index contributed by atoms with van der Waals surface area (Å²) in [5.41, 5.74) is 6.72. The van der Waals surface area contributed by atoms with Crippen molar-refractivity contribution in [3.8, 4) is 11.5 Å². The Morgan fingerprint density at radius 3 is 2.15 bits per heavy atom. The third-order valence-corrected chi connectivity index (χ3v) is 8.56. The summed E-state index contributed by atoms with van der Waals surface area (Å²) in [5.74, 6) is -0.698. The number of hydrogen-bond acceptors (Lipinski definition) is 10. The molecule has 0 radical (unpaired) electrons. The van der Waals surface area contributed by atoms with E-state index in [2.05, 4.69) is 15.0 Å². The fourth-order valence-electron chi connectivity index (χ4n) is 4.36. The molecule has 5 atom stereocenters. The minimum Gasteiger partial charge on any atom is -0.404 e. The summed E-state index contributed by atoms with van der Waals surface area (Å²) in [7, 11) is -9.09. The minimum absolute atomic E-state index is 0.0513.